The van der Waals surface area contributed by atoms with Crippen LogP contribution in [0.1, 0.15) is 29.5 Å². The van der Waals surface area contributed by atoms with Gasteiger partial charge in [-0.1, -0.05) is 22.0 Å². The molecule has 0 aliphatic heterocycles. The molecule has 3 rings (SSSR count). The van der Waals surface area contributed by atoms with E-state index >= 15 is 0 Å². The van der Waals surface area contributed by atoms with Gasteiger partial charge >= 0.3 is 0 Å². The van der Waals surface area contributed by atoms with Crippen molar-refractivity contribution in [3.63, 3.8) is 0 Å². The van der Waals surface area contributed by atoms with Crippen molar-refractivity contribution >= 4 is 15.9 Å². The number of hydrogen-bond donors (Lipinski definition) is 0. The van der Waals surface area contributed by atoms with Crippen molar-refractivity contribution in [2.45, 2.75) is 25.7 Å². The van der Waals surface area contributed by atoms with E-state index in [4.69, 9.17) is 10.00 Å². The normalized spacial score (nSPS) is 13.4. The number of halogens is 1. The Morgan fingerprint density at radius 2 is 1.80 bits per heavy atom. The number of aryl methyl sites for hydroxylation is 2. The first-order chi connectivity index (χ1) is 9.76. The molecule has 2 nitrogen and oxygen atoms in total. The van der Waals surface area contributed by atoms with E-state index in [2.05, 4.69) is 34.1 Å². The third-order valence-corrected chi connectivity index (χ3v) is 4.11. The Balaban J connectivity index is 1.92. The molecular weight excluding hydrogens is 314 g/mol. The standard InChI is InChI=1S/C17H14BrNO/c18-15-7-5-14(11-19)17(10-15)20-16-8-6-12-3-1-2-4-13(12)9-16/h5-10H,1-4H2. The zero-order valence-electron chi connectivity index (χ0n) is 11.0. The molecule has 0 saturated heterocycles. The van der Waals surface area contributed by atoms with Crippen molar-refractivity contribution in [3.05, 3.63) is 57.6 Å². The molecule has 0 unspecified atom stereocenters. The van der Waals surface area contributed by atoms with E-state index in [0.29, 0.717) is 11.3 Å². The highest BCUT2D eigenvalue weighted by molar-refractivity contribution is 9.10. The van der Waals surface area contributed by atoms with Crippen molar-refractivity contribution in [1.82, 2.24) is 0 Å². The maximum Gasteiger partial charge on any atom is 0.146 e. The number of benzene rings is 2. The Labute approximate surface area is 127 Å². The fraction of sp³-hybridized carbons (Fsp3) is 0.235. The molecule has 0 radical (unpaired) electrons. The second-order valence-corrected chi connectivity index (χ2v) is 5.91. The number of nitrogens with zero attached hydrogens (tertiary/aromatic N) is 1. The van der Waals surface area contributed by atoms with Gasteiger partial charge in [-0.25, -0.2) is 0 Å². The molecule has 0 atom stereocenters. The molecule has 0 saturated carbocycles. The molecule has 0 aromatic heterocycles. The Hall–Kier alpha value is -1.79. The van der Waals surface area contributed by atoms with Crippen LogP contribution in [0.5, 0.6) is 11.5 Å². The van der Waals surface area contributed by atoms with Crippen molar-refractivity contribution < 1.29 is 4.74 Å². The molecule has 0 fully saturated rings. The lowest BCUT2D eigenvalue weighted by atomic mass is 9.92. The van der Waals surface area contributed by atoms with Gasteiger partial charge in [-0.05, 0) is 67.1 Å². The maximum absolute atomic E-state index is 9.13. The number of nitriles is 1. The van der Waals surface area contributed by atoms with Crippen LogP contribution in [-0.4, -0.2) is 0 Å². The van der Waals surface area contributed by atoms with Gasteiger partial charge in [-0.15, -0.1) is 0 Å². The van der Waals surface area contributed by atoms with Gasteiger partial charge in [0.25, 0.3) is 0 Å². The third kappa shape index (κ3) is 2.71. The number of fused-ring (bicyclic) bond motifs is 1. The zero-order valence-corrected chi connectivity index (χ0v) is 12.6. The van der Waals surface area contributed by atoms with E-state index in [-0.39, 0.29) is 0 Å². The molecule has 0 N–H and O–H groups in total. The van der Waals surface area contributed by atoms with Crippen LogP contribution in [0.3, 0.4) is 0 Å². The van der Waals surface area contributed by atoms with Crippen LogP contribution in [0.2, 0.25) is 0 Å². The minimum Gasteiger partial charge on any atom is -0.456 e. The summed E-state index contributed by atoms with van der Waals surface area (Å²) >= 11 is 3.41. The van der Waals surface area contributed by atoms with Gasteiger partial charge in [-0.3, -0.25) is 0 Å². The number of ether oxygens (including phenoxy) is 1. The highest BCUT2D eigenvalue weighted by Gasteiger charge is 2.11. The molecule has 20 heavy (non-hydrogen) atoms. The lowest BCUT2D eigenvalue weighted by Crippen LogP contribution is -2.02. The average molecular weight is 328 g/mol. The smallest absolute Gasteiger partial charge is 0.146 e. The van der Waals surface area contributed by atoms with Crippen LogP contribution in [0, 0.1) is 11.3 Å². The largest absolute Gasteiger partial charge is 0.456 e. The van der Waals surface area contributed by atoms with Crippen molar-refractivity contribution in [3.8, 4) is 17.6 Å². The molecule has 1 aliphatic carbocycles. The van der Waals surface area contributed by atoms with Gasteiger partial charge in [0.2, 0.25) is 0 Å². The van der Waals surface area contributed by atoms with Gasteiger partial charge in [-0.2, -0.15) is 5.26 Å². The molecule has 2 aromatic carbocycles. The van der Waals surface area contributed by atoms with E-state index in [0.717, 1.165) is 23.1 Å². The summed E-state index contributed by atoms with van der Waals surface area (Å²) in [6.45, 7) is 0. The molecule has 0 heterocycles. The maximum atomic E-state index is 9.13. The van der Waals surface area contributed by atoms with Gasteiger partial charge in [0.15, 0.2) is 0 Å². The molecule has 3 heteroatoms. The molecule has 0 spiro atoms. The number of hydrogen-bond acceptors (Lipinski definition) is 2. The van der Waals surface area contributed by atoms with Crippen LogP contribution >= 0.6 is 15.9 Å². The minimum absolute atomic E-state index is 0.547. The Bertz CT molecular complexity index is 688. The average Bonchev–Trinajstić information content (AvgIpc) is 2.47. The highest BCUT2D eigenvalue weighted by Crippen LogP contribution is 2.31. The predicted molar refractivity (Wildman–Crippen MR) is 82.0 cm³/mol. The first-order valence-electron chi connectivity index (χ1n) is 6.75. The van der Waals surface area contributed by atoms with Crippen LogP contribution in [0.15, 0.2) is 40.9 Å². The van der Waals surface area contributed by atoms with E-state index in [1.165, 1.54) is 24.0 Å². The van der Waals surface area contributed by atoms with E-state index in [1.54, 1.807) is 6.07 Å². The summed E-state index contributed by atoms with van der Waals surface area (Å²) in [6, 6.07) is 13.8. The quantitative estimate of drug-likeness (QED) is 0.778. The lowest BCUT2D eigenvalue weighted by molar-refractivity contribution is 0.479. The zero-order chi connectivity index (χ0) is 13.9. The van der Waals surface area contributed by atoms with Crippen molar-refractivity contribution in [1.29, 1.82) is 5.26 Å². The summed E-state index contributed by atoms with van der Waals surface area (Å²) < 4.78 is 6.80. The van der Waals surface area contributed by atoms with E-state index < -0.39 is 0 Å². The summed E-state index contributed by atoms with van der Waals surface area (Å²) in [6.07, 6.45) is 4.81. The fourth-order valence-corrected chi connectivity index (χ4v) is 2.91. The SMILES string of the molecule is N#Cc1ccc(Br)cc1Oc1ccc2c(c1)CCCC2. The topological polar surface area (TPSA) is 33.0 Å². The fourth-order valence-electron chi connectivity index (χ4n) is 2.57. The second kappa shape index (κ2) is 5.68. The molecule has 1 aliphatic rings. The first-order valence-corrected chi connectivity index (χ1v) is 7.55. The van der Waals surface area contributed by atoms with Crippen LogP contribution in [0.25, 0.3) is 0 Å². The highest BCUT2D eigenvalue weighted by atomic mass is 79.9. The van der Waals surface area contributed by atoms with Crippen LogP contribution in [0.4, 0.5) is 0 Å². The van der Waals surface area contributed by atoms with Crippen LogP contribution in [-0.2, 0) is 12.8 Å². The van der Waals surface area contributed by atoms with E-state index in [9.17, 15) is 0 Å². The minimum atomic E-state index is 0.547. The van der Waals surface area contributed by atoms with Gasteiger partial charge in [0.05, 0.1) is 5.56 Å². The predicted octanol–water partition coefficient (Wildman–Crippen LogP) is 4.99. The Kier molecular flexibility index (Phi) is 3.75. The Morgan fingerprint density at radius 1 is 1.00 bits per heavy atom. The molecular formula is C17H14BrNO. The summed E-state index contributed by atoms with van der Waals surface area (Å²) in [5.41, 5.74) is 3.35. The van der Waals surface area contributed by atoms with Gasteiger partial charge in [0.1, 0.15) is 17.6 Å². The number of rotatable bonds is 2. The van der Waals surface area contributed by atoms with Crippen molar-refractivity contribution in [2.75, 3.05) is 0 Å². The van der Waals surface area contributed by atoms with Crippen LogP contribution < -0.4 is 4.74 Å². The van der Waals surface area contributed by atoms with Gasteiger partial charge < -0.3 is 4.74 Å². The second-order valence-electron chi connectivity index (χ2n) is 4.99. The summed E-state index contributed by atoms with van der Waals surface area (Å²) in [7, 11) is 0. The summed E-state index contributed by atoms with van der Waals surface area (Å²) in [5, 5.41) is 9.13. The lowest BCUT2D eigenvalue weighted by Gasteiger charge is -2.17. The first kappa shape index (κ1) is 13.2. The molecule has 100 valence electrons. The third-order valence-electron chi connectivity index (χ3n) is 3.61. The van der Waals surface area contributed by atoms with Crippen molar-refractivity contribution in [2.24, 2.45) is 0 Å². The molecule has 2 aromatic rings. The monoisotopic (exact) mass is 327 g/mol. The summed E-state index contributed by atoms with van der Waals surface area (Å²) in [5.74, 6) is 1.40. The summed E-state index contributed by atoms with van der Waals surface area (Å²) in [4.78, 5) is 0. The Morgan fingerprint density at radius 3 is 2.60 bits per heavy atom. The van der Waals surface area contributed by atoms with E-state index in [1.807, 2.05) is 18.2 Å². The van der Waals surface area contributed by atoms with Gasteiger partial charge in [0, 0.05) is 4.47 Å². The molecule has 0 amide bonds. The molecule has 0 bridgehead atoms.